The van der Waals surface area contributed by atoms with Gasteiger partial charge < -0.3 is 9.64 Å². The third kappa shape index (κ3) is 7.78. The largest absolute Gasteiger partial charge is 0.379 e. The molecule has 0 aliphatic heterocycles. The number of hydrogen-bond donors (Lipinski definition) is 1. The minimum Gasteiger partial charge on any atom is -0.379 e. The Labute approximate surface area is 126 Å². The van der Waals surface area contributed by atoms with E-state index < -0.39 is 10.0 Å². The number of likely N-dealkylation sites (N-methyl/N-ethyl adjacent to an activating group) is 1. The molecule has 0 aliphatic rings. The quantitative estimate of drug-likeness (QED) is 0.674. The molecule has 0 atom stereocenters. The predicted molar refractivity (Wildman–Crippen MR) is 81.2 cm³/mol. The predicted octanol–water partition coefficient (Wildman–Crippen LogP) is 0.556. The average molecular weight is 311 g/mol. The van der Waals surface area contributed by atoms with E-state index in [0.717, 1.165) is 6.54 Å². The Morgan fingerprint density at radius 3 is 2.48 bits per heavy atom. The smallest absolute Gasteiger partial charge is 0.215 e. The van der Waals surface area contributed by atoms with Crippen LogP contribution >= 0.6 is 0 Å². The fraction of sp³-hybridized carbons (Fsp3) is 0.500. The summed E-state index contributed by atoms with van der Waals surface area (Å²) in [6.45, 7) is 1.98. The van der Waals surface area contributed by atoms with Crippen LogP contribution in [0.3, 0.4) is 0 Å². The summed E-state index contributed by atoms with van der Waals surface area (Å²) in [5.41, 5.74) is 1.16. The lowest BCUT2D eigenvalue weighted by molar-refractivity contribution is 0.122. The highest BCUT2D eigenvalue weighted by Crippen LogP contribution is 2.06. The summed E-state index contributed by atoms with van der Waals surface area (Å²) in [6, 6.07) is 8.49. The molecule has 6 nitrogen and oxygen atoms in total. The van der Waals surface area contributed by atoms with Crippen molar-refractivity contribution in [2.45, 2.75) is 5.75 Å². The fourth-order valence-electron chi connectivity index (χ4n) is 1.56. The van der Waals surface area contributed by atoms with Crippen molar-refractivity contribution in [1.82, 2.24) is 9.62 Å². The van der Waals surface area contributed by atoms with Gasteiger partial charge in [0, 0.05) is 13.1 Å². The number of sulfonamides is 1. The molecule has 116 valence electrons. The van der Waals surface area contributed by atoms with Crippen LogP contribution in [-0.4, -0.2) is 53.7 Å². The molecule has 0 bridgehead atoms. The topological polar surface area (TPSA) is 82.4 Å². The monoisotopic (exact) mass is 311 g/mol. The van der Waals surface area contributed by atoms with Gasteiger partial charge in [-0.25, -0.2) is 13.1 Å². The van der Waals surface area contributed by atoms with E-state index in [4.69, 9.17) is 10.00 Å². The van der Waals surface area contributed by atoms with Crippen molar-refractivity contribution in [3.63, 3.8) is 0 Å². The molecule has 0 spiro atoms. The van der Waals surface area contributed by atoms with Gasteiger partial charge in [-0.1, -0.05) is 12.1 Å². The summed E-state index contributed by atoms with van der Waals surface area (Å²) in [4.78, 5) is 2.00. The lowest BCUT2D eigenvalue weighted by Gasteiger charge is -2.10. The molecule has 21 heavy (non-hydrogen) atoms. The minimum absolute atomic E-state index is 0.101. The number of nitrogens with one attached hydrogen (secondary N) is 1. The molecule has 1 N–H and O–H groups in total. The standard InChI is InChI=1S/C14H21N3O3S/c1-17(2)8-10-20-9-7-16-21(18,19)12-14-5-3-13(11-15)4-6-14/h3-6,16H,7-10,12H2,1-2H3. The zero-order valence-corrected chi connectivity index (χ0v) is 13.2. The first-order valence-electron chi connectivity index (χ1n) is 6.62. The average Bonchev–Trinajstić information content (AvgIpc) is 2.43. The molecule has 0 amide bonds. The van der Waals surface area contributed by atoms with Crippen molar-refractivity contribution in [3.8, 4) is 6.07 Å². The number of nitriles is 1. The number of nitrogens with zero attached hydrogens (tertiary/aromatic N) is 2. The maximum atomic E-state index is 11.9. The summed E-state index contributed by atoms with van der Waals surface area (Å²) in [5.74, 6) is -0.101. The van der Waals surface area contributed by atoms with E-state index in [1.165, 1.54) is 0 Å². The molecule has 1 aromatic carbocycles. The molecule has 0 heterocycles. The summed E-state index contributed by atoms with van der Waals surface area (Å²) < 4.78 is 31.5. The Hall–Kier alpha value is -1.46. The molecule has 0 aromatic heterocycles. The van der Waals surface area contributed by atoms with E-state index in [2.05, 4.69) is 4.72 Å². The Morgan fingerprint density at radius 1 is 1.24 bits per heavy atom. The second-order valence-electron chi connectivity index (χ2n) is 4.88. The lowest BCUT2D eigenvalue weighted by Crippen LogP contribution is -2.29. The maximum absolute atomic E-state index is 11.9. The van der Waals surface area contributed by atoms with E-state index >= 15 is 0 Å². The summed E-state index contributed by atoms with van der Waals surface area (Å²) in [6.07, 6.45) is 0. The van der Waals surface area contributed by atoms with E-state index in [9.17, 15) is 8.42 Å². The molecule has 0 unspecified atom stereocenters. The van der Waals surface area contributed by atoms with Gasteiger partial charge >= 0.3 is 0 Å². The highest BCUT2D eigenvalue weighted by molar-refractivity contribution is 7.88. The van der Waals surface area contributed by atoms with Crippen LogP contribution in [0.5, 0.6) is 0 Å². The third-order valence-corrected chi connectivity index (χ3v) is 4.05. The molecule has 1 aromatic rings. The molecule has 1 rings (SSSR count). The van der Waals surface area contributed by atoms with Crippen molar-refractivity contribution in [1.29, 1.82) is 5.26 Å². The van der Waals surface area contributed by atoms with Gasteiger partial charge in [-0.2, -0.15) is 5.26 Å². The summed E-state index contributed by atoms with van der Waals surface area (Å²) in [5, 5.41) is 8.68. The van der Waals surface area contributed by atoms with E-state index in [-0.39, 0.29) is 12.3 Å². The van der Waals surface area contributed by atoms with Gasteiger partial charge in [0.05, 0.1) is 30.6 Å². The molecule has 0 fully saturated rings. The van der Waals surface area contributed by atoms with E-state index in [0.29, 0.717) is 24.3 Å². The fourth-order valence-corrected chi connectivity index (χ4v) is 2.69. The normalized spacial score (nSPS) is 11.5. The van der Waals surface area contributed by atoms with E-state index in [1.807, 2.05) is 25.1 Å². The van der Waals surface area contributed by atoms with Crippen LogP contribution in [0.15, 0.2) is 24.3 Å². The lowest BCUT2D eigenvalue weighted by atomic mass is 10.2. The molecule has 0 saturated heterocycles. The van der Waals surface area contributed by atoms with Crippen LogP contribution in [0.4, 0.5) is 0 Å². The number of ether oxygens (including phenoxy) is 1. The van der Waals surface area contributed by atoms with Gasteiger partial charge in [-0.05, 0) is 31.8 Å². The Balaban J connectivity index is 2.31. The number of benzene rings is 1. The molecule has 0 radical (unpaired) electrons. The second-order valence-corrected chi connectivity index (χ2v) is 6.68. The first kappa shape index (κ1) is 17.6. The van der Waals surface area contributed by atoms with Crippen molar-refractivity contribution >= 4 is 10.0 Å². The van der Waals surface area contributed by atoms with Crippen LogP contribution < -0.4 is 4.72 Å². The Morgan fingerprint density at radius 2 is 1.90 bits per heavy atom. The number of rotatable bonds is 9. The molecule has 0 saturated carbocycles. The van der Waals surface area contributed by atoms with Gasteiger partial charge in [-0.3, -0.25) is 0 Å². The number of hydrogen-bond acceptors (Lipinski definition) is 5. The molecule has 0 aliphatic carbocycles. The van der Waals surface area contributed by atoms with Crippen LogP contribution in [0, 0.1) is 11.3 Å². The minimum atomic E-state index is -3.38. The highest BCUT2D eigenvalue weighted by Gasteiger charge is 2.10. The van der Waals surface area contributed by atoms with Crippen LogP contribution in [0.1, 0.15) is 11.1 Å². The molecular formula is C14H21N3O3S. The van der Waals surface area contributed by atoms with Gasteiger partial charge in [0.15, 0.2) is 0 Å². The van der Waals surface area contributed by atoms with Crippen LogP contribution in [-0.2, 0) is 20.5 Å². The molecule has 7 heteroatoms. The SMILES string of the molecule is CN(C)CCOCCNS(=O)(=O)Cc1ccc(C#N)cc1. The van der Waals surface area contributed by atoms with Crippen molar-refractivity contribution in [2.75, 3.05) is 40.4 Å². The maximum Gasteiger partial charge on any atom is 0.215 e. The Kier molecular flexibility index (Phi) is 7.32. The van der Waals surface area contributed by atoms with Crippen molar-refractivity contribution in [2.24, 2.45) is 0 Å². The zero-order chi connectivity index (χ0) is 15.7. The zero-order valence-electron chi connectivity index (χ0n) is 12.4. The highest BCUT2D eigenvalue weighted by atomic mass is 32.2. The van der Waals surface area contributed by atoms with Gasteiger partial charge in [0.1, 0.15) is 0 Å². The van der Waals surface area contributed by atoms with E-state index in [1.54, 1.807) is 24.3 Å². The summed E-state index contributed by atoms with van der Waals surface area (Å²) in [7, 11) is 0.515. The van der Waals surface area contributed by atoms with Crippen LogP contribution in [0.25, 0.3) is 0 Å². The van der Waals surface area contributed by atoms with Crippen molar-refractivity contribution in [3.05, 3.63) is 35.4 Å². The van der Waals surface area contributed by atoms with Crippen molar-refractivity contribution < 1.29 is 13.2 Å². The van der Waals surface area contributed by atoms with Gasteiger partial charge in [0.2, 0.25) is 10.0 Å². The van der Waals surface area contributed by atoms with Gasteiger partial charge in [-0.15, -0.1) is 0 Å². The summed E-state index contributed by atoms with van der Waals surface area (Å²) >= 11 is 0. The first-order chi connectivity index (χ1) is 9.93. The Bertz CT molecular complexity index is 562. The molecular weight excluding hydrogens is 290 g/mol. The van der Waals surface area contributed by atoms with Gasteiger partial charge in [0.25, 0.3) is 0 Å². The van der Waals surface area contributed by atoms with Crippen LogP contribution in [0.2, 0.25) is 0 Å². The first-order valence-corrected chi connectivity index (χ1v) is 8.27. The third-order valence-electron chi connectivity index (χ3n) is 2.69. The second kappa shape index (κ2) is 8.74.